The van der Waals surface area contributed by atoms with Gasteiger partial charge in [0, 0.05) is 25.3 Å². The third-order valence-electron chi connectivity index (χ3n) is 2.81. The van der Waals surface area contributed by atoms with Gasteiger partial charge in [0.25, 0.3) is 5.91 Å². The number of nitrogens with zero attached hydrogens (tertiary/aromatic N) is 3. The van der Waals surface area contributed by atoms with Crippen LogP contribution in [0.15, 0.2) is 24.3 Å². The predicted octanol–water partition coefficient (Wildman–Crippen LogP) is 1.69. The first-order valence-corrected chi connectivity index (χ1v) is 7.18. The Morgan fingerprint density at radius 3 is 2.62 bits per heavy atom. The third kappa shape index (κ3) is 4.04. The van der Waals surface area contributed by atoms with Crippen LogP contribution in [0, 0.1) is 18.8 Å². The molecule has 1 N–H and O–H groups in total. The molecular weight excluding hydrogens is 284 g/mol. The van der Waals surface area contributed by atoms with Gasteiger partial charge in [-0.05, 0) is 42.7 Å². The Balaban J connectivity index is 1.89. The summed E-state index contributed by atoms with van der Waals surface area (Å²) >= 11 is 1.09. The number of rotatable bonds is 3. The molecule has 2 rings (SSSR count). The second-order valence-electron chi connectivity index (χ2n) is 4.61. The summed E-state index contributed by atoms with van der Waals surface area (Å²) in [5.74, 6) is 5.77. The van der Waals surface area contributed by atoms with Gasteiger partial charge in [0.15, 0.2) is 0 Å². The second-order valence-corrected chi connectivity index (χ2v) is 5.37. The molecule has 1 aromatic heterocycles. The highest BCUT2D eigenvalue weighted by atomic mass is 32.1. The molecular formula is C15H16N4OS. The topological polar surface area (TPSA) is 58.1 Å². The minimum atomic E-state index is -0.181. The van der Waals surface area contributed by atoms with E-state index in [1.165, 1.54) is 0 Å². The molecule has 6 heteroatoms. The maximum atomic E-state index is 11.8. The molecule has 0 unspecified atom stereocenters. The smallest absolute Gasteiger partial charge is 0.265 e. The lowest BCUT2D eigenvalue weighted by Gasteiger charge is -2.11. The van der Waals surface area contributed by atoms with Crippen LogP contribution in [0.25, 0.3) is 0 Å². The fourth-order valence-electron chi connectivity index (χ4n) is 1.63. The van der Waals surface area contributed by atoms with Crippen molar-refractivity contribution in [1.82, 2.24) is 14.9 Å². The van der Waals surface area contributed by atoms with Crippen molar-refractivity contribution < 1.29 is 4.79 Å². The molecule has 5 nitrogen and oxygen atoms in total. The molecule has 0 bridgehead atoms. The van der Waals surface area contributed by atoms with Gasteiger partial charge in [-0.15, -0.1) is 5.10 Å². The number of anilines is 1. The molecule has 1 heterocycles. The van der Waals surface area contributed by atoms with Crippen molar-refractivity contribution in [3.05, 3.63) is 40.4 Å². The number of hydrogen-bond acceptors (Lipinski definition) is 5. The maximum absolute atomic E-state index is 11.8. The Kier molecular flexibility index (Phi) is 4.90. The number of carbonyl (C=O) groups excluding carboxylic acids is 1. The van der Waals surface area contributed by atoms with E-state index in [1.54, 1.807) is 6.92 Å². The summed E-state index contributed by atoms with van der Waals surface area (Å²) in [4.78, 5) is 14.4. The van der Waals surface area contributed by atoms with Crippen LogP contribution in [-0.4, -0.2) is 36.1 Å². The summed E-state index contributed by atoms with van der Waals surface area (Å²) in [5, 5.41) is 6.54. The van der Waals surface area contributed by atoms with E-state index < -0.39 is 0 Å². The van der Waals surface area contributed by atoms with Gasteiger partial charge in [-0.25, -0.2) is 0 Å². The summed E-state index contributed by atoms with van der Waals surface area (Å²) < 4.78 is 3.73. The molecule has 0 aliphatic rings. The summed E-state index contributed by atoms with van der Waals surface area (Å²) in [5.41, 5.74) is 2.69. The van der Waals surface area contributed by atoms with Gasteiger partial charge in [0.2, 0.25) is 0 Å². The Bertz CT molecular complexity index is 680. The monoisotopic (exact) mass is 300 g/mol. The maximum Gasteiger partial charge on any atom is 0.265 e. The number of hydrogen-bond donors (Lipinski definition) is 1. The fourth-order valence-corrected chi connectivity index (χ4v) is 2.21. The van der Waals surface area contributed by atoms with E-state index >= 15 is 0 Å². The molecule has 0 spiro atoms. The largest absolute Gasteiger partial charge is 0.378 e. The molecule has 2 aromatic rings. The summed E-state index contributed by atoms with van der Waals surface area (Å²) in [6, 6.07) is 7.94. The zero-order valence-corrected chi connectivity index (χ0v) is 13.0. The van der Waals surface area contributed by atoms with Crippen molar-refractivity contribution in [2.24, 2.45) is 0 Å². The SMILES string of the molecule is Cc1nnsc1C(=O)NCC#Cc1ccc(N(C)C)cc1. The van der Waals surface area contributed by atoms with Gasteiger partial charge in [-0.1, -0.05) is 16.3 Å². The zero-order valence-electron chi connectivity index (χ0n) is 12.2. The van der Waals surface area contributed by atoms with Crippen LogP contribution in [0.2, 0.25) is 0 Å². The minimum absolute atomic E-state index is 0.181. The Morgan fingerprint density at radius 1 is 1.33 bits per heavy atom. The lowest BCUT2D eigenvalue weighted by molar-refractivity contribution is 0.0962. The van der Waals surface area contributed by atoms with Crippen molar-refractivity contribution in [2.75, 3.05) is 25.5 Å². The summed E-state index contributed by atoms with van der Waals surface area (Å²) in [6.45, 7) is 2.06. The molecule has 108 valence electrons. The number of aromatic nitrogens is 2. The van der Waals surface area contributed by atoms with E-state index in [0.29, 0.717) is 17.1 Å². The fraction of sp³-hybridized carbons (Fsp3) is 0.267. The number of amides is 1. The van der Waals surface area contributed by atoms with Gasteiger partial charge < -0.3 is 10.2 Å². The first-order chi connectivity index (χ1) is 10.1. The van der Waals surface area contributed by atoms with Crippen molar-refractivity contribution in [3.63, 3.8) is 0 Å². The van der Waals surface area contributed by atoms with Gasteiger partial charge in [-0.2, -0.15) is 0 Å². The highest BCUT2D eigenvalue weighted by Crippen LogP contribution is 2.11. The van der Waals surface area contributed by atoms with Gasteiger partial charge in [0.05, 0.1) is 12.2 Å². The molecule has 1 aromatic carbocycles. The van der Waals surface area contributed by atoms with Gasteiger partial charge in [0.1, 0.15) is 4.88 Å². The summed E-state index contributed by atoms with van der Waals surface area (Å²) in [7, 11) is 3.99. The number of carbonyl (C=O) groups is 1. The van der Waals surface area contributed by atoms with Crippen LogP contribution in [0.1, 0.15) is 20.9 Å². The molecule has 0 radical (unpaired) electrons. The van der Waals surface area contributed by atoms with Crippen LogP contribution in [0.3, 0.4) is 0 Å². The standard InChI is InChI=1S/C15H16N4OS/c1-11-14(21-18-17-11)15(20)16-10-4-5-12-6-8-13(9-7-12)19(2)3/h6-9H,10H2,1-3H3,(H,16,20). The first-order valence-electron chi connectivity index (χ1n) is 6.41. The highest BCUT2D eigenvalue weighted by Gasteiger charge is 2.11. The van der Waals surface area contributed by atoms with Gasteiger partial charge in [-0.3, -0.25) is 4.79 Å². The number of nitrogens with one attached hydrogen (secondary N) is 1. The molecule has 21 heavy (non-hydrogen) atoms. The average molecular weight is 300 g/mol. The van der Waals surface area contributed by atoms with Crippen molar-refractivity contribution in [3.8, 4) is 11.8 Å². The van der Waals surface area contributed by atoms with Crippen molar-refractivity contribution >= 4 is 23.1 Å². The van der Waals surface area contributed by atoms with E-state index in [2.05, 4.69) is 26.7 Å². The first kappa shape index (κ1) is 15.0. The van der Waals surface area contributed by atoms with Gasteiger partial charge >= 0.3 is 0 Å². The second kappa shape index (κ2) is 6.86. The Labute approximate surface area is 128 Å². The molecule has 0 atom stereocenters. The molecule has 0 saturated heterocycles. The molecule has 0 saturated carbocycles. The van der Waals surface area contributed by atoms with Crippen LogP contribution < -0.4 is 10.2 Å². The van der Waals surface area contributed by atoms with Crippen LogP contribution in [0.5, 0.6) is 0 Å². The normalized spacial score (nSPS) is 9.67. The zero-order chi connectivity index (χ0) is 15.2. The predicted molar refractivity (Wildman–Crippen MR) is 84.6 cm³/mol. The Morgan fingerprint density at radius 2 is 2.05 bits per heavy atom. The van der Waals surface area contributed by atoms with Crippen LogP contribution in [-0.2, 0) is 0 Å². The van der Waals surface area contributed by atoms with E-state index in [9.17, 15) is 4.79 Å². The van der Waals surface area contributed by atoms with Crippen LogP contribution in [0.4, 0.5) is 5.69 Å². The molecule has 0 fully saturated rings. The highest BCUT2D eigenvalue weighted by molar-refractivity contribution is 7.07. The quantitative estimate of drug-likeness (QED) is 0.877. The van der Waals surface area contributed by atoms with E-state index in [-0.39, 0.29) is 5.91 Å². The Hall–Kier alpha value is -2.39. The minimum Gasteiger partial charge on any atom is -0.378 e. The van der Waals surface area contributed by atoms with E-state index in [0.717, 1.165) is 22.8 Å². The summed E-state index contributed by atoms with van der Waals surface area (Å²) in [6.07, 6.45) is 0. The van der Waals surface area contributed by atoms with Crippen LogP contribution >= 0.6 is 11.5 Å². The molecule has 1 amide bonds. The third-order valence-corrected chi connectivity index (χ3v) is 3.64. The lowest BCUT2D eigenvalue weighted by Crippen LogP contribution is -2.23. The van der Waals surface area contributed by atoms with E-state index in [4.69, 9.17) is 0 Å². The van der Waals surface area contributed by atoms with E-state index in [1.807, 2.05) is 43.3 Å². The number of aryl methyl sites for hydroxylation is 1. The lowest BCUT2D eigenvalue weighted by atomic mass is 10.2. The van der Waals surface area contributed by atoms with Crippen molar-refractivity contribution in [1.29, 1.82) is 0 Å². The average Bonchev–Trinajstić information content (AvgIpc) is 2.90. The molecule has 0 aliphatic carbocycles. The van der Waals surface area contributed by atoms with Crippen molar-refractivity contribution in [2.45, 2.75) is 6.92 Å². The number of benzene rings is 1. The molecule has 0 aliphatic heterocycles.